The molecule has 1 aliphatic rings. The molecule has 0 bridgehead atoms. The molecular formula is C23H22N4O2S. The maximum atomic E-state index is 12.2. The minimum Gasteiger partial charge on any atom is -0.508 e. The van der Waals surface area contributed by atoms with E-state index in [1.54, 1.807) is 29.7 Å². The zero-order chi connectivity index (χ0) is 21.3. The summed E-state index contributed by atoms with van der Waals surface area (Å²) in [4.78, 5) is 13.5. The predicted octanol–water partition coefficient (Wildman–Crippen LogP) is 4.38. The van der Waals surface area contributed by atoms with Gasteiger partial charge >= 0.3 is 0 Å². The Kier molecular flexibility index (Phi) is 5.42. The van der Waals surface area contributed by atoms with Gasteiger partial charge in [-0.2, -0.15) is 10.4 Å². The number of benzene rings is 1. The molecule has 6 nitrogen and oxygen atoms in total. The quantitative estimate of drug-likeness (QED) is 0.487. The van der Waals surface area contributed by atoms with Crippen LogP contribution in [0, 0.1) is 25.2 Å². The number of phenolic OH excluding ortho intramolecular Hbond substituents is 1. The van der Waals surface area contributed by atoms with Crippen molar-refractivity contribution >= 4 is 23.5 Å². The summed E-state index contributed by atoms with van der Waals surface area (Å²) in [6.07, 6.45) is 5.95. The third-order valence-corrected chi connectivity index (χ3v) is 6.69. The molecule has 1 aromatic carbocycles. The molecule has 0 saturated heterocycles. The lowest BCUT2D eigenvalue weighted by atomic mass is 9.96. The summed E-state index contributed by atoms with van der Waals surface area (Å²) in [6, 6.07) is 10.5. The van der Waals surface area contributed by atoms with Crippen molar-refractivity contribution in [1.29, 1.82) is 5.26 Å². The molecule has 0 radical (unpaired) electrons. The van der Waals surface area contributed by atoms with Crippen molar-refractivity contribution in [2.75, 3.05) is 0 Å². The Bertz CT molecular complexity index is 1200. The number of amides is 1. The molecular weight excluding hydrogens is 396 g/mol. The number of hydrogen-bond donors (Lipinski definition) is 2. The van der Waals surface area contributed by atoms with Crippen molar-refractivity contribution in [2.45, 2.75) is 39.5 Å². The smallest absolute Gasteiger partial charge is 0.271 e. The molecule has 0 aliphatic heterocycles. The molecule has 1 amide bonds. The summed E-state index contributed by atoms with van der Waals surface area (Å²) in [6.45, 7) is 4.00. The van der Waals surface area contributed by atoms with E-state index >= 15 is 0 Å². The summed E-state index contributed by atoms with van der Waals surface area (Å²) in [5.74, 6) is -0.365. The fraction of sp³-hybridized carbons (Fsp3) is 0.261. The molecule has 2 heterocycles. The third kappa shape index (κ3) is 3.62. The Labute approximate surface area is 179 Å². The van der Waals surface area contributed by atoms with E-state index < -0.39 is 5.91 Å². The van der Waals surface area contributed by atoms with Crippen molar-refractivity contribution in [2.24, 2.45) is 5.10 Å². The lowest BCUT2D eigenvalue weighted by molar-refractivity contribution is 0.0954. The molecule has 30 heavy (non-hydrogen) atoms. The van der Waals surface area contributed by atoms with Gasteiger partial charge in [-0.3, -0.25) is 4.79 Å². The lowest BCUT2D eigenvalue weighted by Crippen LogP contribution is -2.17. The van der Waals surface area contributed by atoms with E-state index in [-0.39, 0.29) is 5.75 Å². The van der Waals surface area contributed by atoms with Gasteiger partial charge in [-0.05, 0) is 69.4 Å². The molecule has 152 valence electrons. The second-order valence-corrected chi connectivity index (χ2v) is 8.50. The minimum absolute atomic E-state index is 0.0297. The first-order valence-corrected chi connectivity index (χ1v) is 10.7. The van der Waals surface area contributed by atoms with Gasteiger partial charge in [-0.25, -0.2) is 5.43 Å². The van der Waals surface area contributed by atoms with Crippen LogP contribution in [-0.2, 0) is 12.8 Å². The van der Waals surface area contributed by atoms with Gasteiger partial charge in [0.1, 0.15) is 16.8 Å². The number of hydrogen-bond acceptors (Lipinski definition) is 5. The number of nitrogens with one attached hydrogen (secondary N) is 1. The number of carbonyl (C=O) groups is 1. The normalized spacial score (nSPS) is 13.2. The first-order valence-electron chi connectivity index (χ1n) is 9.86. The average molecular weight is 419 g/mol. The standard InChI is InChI=1S/C23H22N4O2S/c1-14-10-17(13-25-26-22(29)16-6-5-7-18(28)11-16)15(2)27(14)23-20(12-24)19-8-3-4-9-21(19)30-23/h5-7,10-11,13,28H,3-4,8-9H2,1-2H3,(H,26,29)/b25-13-. The van der Waals surface area contributed by atoms with Crippen LogP contribution in [-0.4, -0.2) is 21.8 Å². The van der Waals surface area contributed by atoms with Gasteiger partial charge in [0, 0.05) is 27.4 Å². The number of fused-ring (bicyclic) bond motifs is 1. The Balaban J connectivity index is 1.60. The van der Waals surface area contributed by atoms with Crippen LogP contribution in [0.5, 0.6) is 5.75 Å². The highest BCUT2D eigenvalue weighted by Crippen LogP contribution is 2.38. The first kappa shape index (κ1) is 19.9. The number of aromatic hydroxyl groups is 1. The second kappa shape index (κ2) is 8.17. The molecule has 7 heteroatoms. The molecule has 0 unspecified atom stereocenters. The maximum absolute atomic E-state index is 12.2. The Morgan fingerprint density at radius 1 is 1.30 bits per heavy atom. The highest BCUT2D eigenvalue weighted by molar-refractivity contribution is 7.15. The number of aromatic nitrogens is 1. The van der Waals surface area contributed by atoms with Crippen LogP contribution >= 0.6 is 11.3 Å². The van der Waals surface area contributed by atoms with Gasteiger partial charge in [0.2, 0.25) is 0 Å². The first-order chi connectivity index (χ1) is 14.5. The fourth-order valence-corrected chi connectivity index (χ4v) is 5.38. The summed E-state index contributed by atoms with van der Waals surface area (Å²) in [5, 5.41) is 24.4. The number of nitriles is 1. The van der Waals surface area contributed by atoms with Gasteiger partial charge < -0.3 is 9.67 Å². The van der Waals surface area contributed by atoms with Gasteiger partial charge in [0.05, 0.1) is 11.8 Å². The zero-order valence-corrected chi connectivity index (χ0v) is 17.7. The van der Waals surface area contributed by atoms with Crippen LogP contribution in [0.15, 0.2) is 35.4 Å². The summed E-state index contributed by atoms with van der Waals surface area (Å²) in [7, 11) is 0. The molecule has 2 aromatic heterocycles. The maximum Gasteiger partial charge on any atom is 0.271 e. The van der Waals surface area contributed by atoms with Crippen LogP contribution in [0.2, 0.25) is 0 Å². The predicted molar refractivity (Wildman–Crippen MR) is 118 cm³/mol. The van der Waals surface area contributed by atoms with Gasteiger partial charge in [0.25, 0.3) is 5.91 Å². The van der Waals surface area contributed by atoms with E-state index in [0.717, 1.165) is 46.8 Å². The number of carbonyl (C=O) groups excluding carboxylic acids is 1. The molecule has 0 fully saturated rings. The van der Waals surface area contributed by atoms with Crippen LogP contribution in [0.4, 0.5) is 0 Å². The Hall–Kier alpha value is -3.37. The van der Waals surface area contributed by atoms with E-state index in [4.69, 9.17) is 0 Å². The third-order valence-electron chi connectivity index (χ3n) is 5.42. The van der Waals surface area contributed by atoms with Crippen LogP contribution in [0.3, 0.4) is 0 Å². The summed E-state index contributed by atoms with van der Waals surface area (Å²) < 4.78 is 2.11. The van der Waals surface area contributed by atoms with E-state index in [9.17, 15) is 15.2 Å². The second-order valence-electron chi connectivity index (χ2n) is 7.41. The van der Waals surface area contributed by atoms with E-state index in [2.05, 4.69) is 21.2 Å². The molecule has 0 atom stereocenters. The van der Waals surface area contributed by atoms with Crippen molar-refractivity contribution in [3.63, 3.8) is 0 Å². The number of rotatable bonds is 4. The van der Waals surface area contributed by atoms with Crippen LogP contribution in [0.1, 0.15) is 56.2 Å². The molecule has 1 aliphatic carbocycles. The topological polar surface area (TPSA) is 90.4 Å². The molecule has 0 spiro atoms. The number of thiophene rings is 1. The highest BCUT2D eigenvalue weighted by atomic mass is 32.1. The van der Waals surface area contributed by atoms with Crippen molar-refractivity contribution in [1.82, 2.24) is 9.99 Å². The zero-order valence-electron chi connectivity index (χ0n) is 16.9. The SMILES string of the molecule is Cc1cc(/C=N\NC(=O)c2cccc(O)c2)c(C)n1-c1sc2c(c1C#N)CCCC2. The van der Waals surface area contributed by atoms with E-state index in [0.29, 0.717) is 5.56 Å². The van der Waals surface area contributed by atoms with Crippen LogP contribution in [0.25, 0.3) is 5.00 Å². The Morgan fingerprint density at radius 2 is 2.10 bits per heavy atom. The van der Waals surface area contributed by atoms with Crippen LogP contribution < -0.4 is 5.43 Å². The monoisotopic (exact) mass is 418 g/mol. The molecule has 0 saturated carbocycles. The summed E-state index contributed by atoms with van der Waals surface area (Å²) in [5.41, 5.74) is 7.69. The average Bonchev–Trinajstić information content (AvgIpc) is 3.23. The minimum atomic E-state index is -0.395. The number of hydrazone groups is 1. The van der Waals surface area contributed by atoms with Crippen molar-refractivity contribution in [3.05, 3.63) is 68.9 Å². The number of aryl methyl sites for hydroxylation is 2. The van der Waals surface area contributed by atoms with Gasteiger partial charge in [0.15, 0.2) is 0 Å². The number of phenols is 1. The van der Waals surface area contributed by atoms with Gasteiger partial charge in [-0.15, -0.1) is 11.3 Å². The van der Waals surface area contributed by atoms with Crippen molar-refractivity contribution in [3.8, 4) is 16.8 Å². The van der Waals surface area contributed by atoms with Gasteiger partial charge in [-0.1, -0.05) is 6.07 Å². The largest absolute Gasteiger partial charge is 0.508 e. The van der Waals surface area contributed by atoms with E-state index in [1.807, 2.05) is 19.9 Å². The van der Waals surface area contributed by atoms with E-state index in [1.165, 1.54) is 29.0 Å². The molecule has 3 aromatic rings. The molecule has 2 N–H and O–H groups in total. The Morgan fingerprint density at radius 3 is 2.87 bits per heavy atom. The summed E-state index contributed by atoms with van der Waals surface area (Å²) >= 11 is 1.71. The van der Waals surface area contributed by atoms with Crippen molar-refractivity contribution < 1.29 is 9.90 Å². The fourth-order valence-electron chi connectivity index (χ4n) is 3.93. The number of nitrogens with zero attached hydrogens (tertiary/aromatic N) is 3. The molecule has 4 rings (SSSR count). The lowest BCUT2D eigenvalue weighted by Gasteiger charge is -2.10. The highest BCUT2D eigenvalue weighted by Gasteiger charge is 2.23.